The third-order valence-corrected chi connectivity index (χ3v) is 4.29. The number of aryl methyl sites for hydroxylation is 2. The molecule has 2 heterocycles. The van der Waals surface area contributed by atoms with Crippen molar-refractivity contribution in [2.75, 3.05) is 5.32 Å². The Morgan fingerprint density at radius 1 is 1.12 bits per heavy atom. The maximum atomic E-state index is 12.2. The molecule has 6 nitrogen and oxygen atoms in total. The average Bonchev–Trinajstić information content (AvgIpc) is 3.13. The van der Waals surface area contributed by atoms with Crippen LogP contribution < -0.4 is 10.9 Å². The van der Waals surface area contributed by atoms with Crippen LogP contribution in [-0.4, -0.2) is 14.7 Å². The van der Waals surface area contributed by atoms with E-state index >= 15 is 0 Å². The third kappa shape index (κ3) is 3.09. The van der Waals surface area contributed by atoms with Gasteiger partial charge < -0.3 is 14.4 Å². The lowest BCUT2D eigenvalue weighted by Gasteiger charge is -2.06. The molecular formula is C20H18N4O2. The molecule has 0 unspecified atom stereocenters. The predicted molar refractivity (Wildman–Crippen MR) is 101 cm³/mol. The molecule has 0 fully saturated rings. The van der Waals surface area contributed by atoms with Gasteiger partial charge in [-0.3, -0.25) is 4.79 Å². The summed E-state index contributed by atoms with van der Waals surface area (Å²) in [5, 5.41) is 7.97. The molecule has 0 amide bonds. The van der Waals surface area contributed by atoms with Gasteiger partial charge in [-0.15, -0.1) is 0 Å². The zero-order valence-corrected chi connectivity index (χ0v) is 14.6. The van der Waals surface area contributed by atoms with Gasteiger partial charge in [0.25, 0.3) is 5.56 Å². The highest BCUT2D eigenvalue weighted by Gasteiger charge is 2.07. The molecule has 0 bridgehead atoms. The Morgan fingerprint density at radius 2 is 1.92 bits per heavy atom. The molecule has 4 rings (SSSR count). The van der Waals surface area contributed by atoms with Crippen molar-refractivity contribution in [2.24, 2.45) is 7.05 Å². The number of fused-ring (bicyclic) bond motifs is 1. The molecule has 0 saturated carbocycles. The molecule has 6 heteroatoms. The highest BCUT2D eigenvalue weighted by molar-refractivity contribution is 5.81. The normalized spacial score (nSPS) is 11.0. The fourth-order valence-corrected chi connectivity index (χ4v) is 2.77. The summed E-state index contributed by atoms with van der Waals surface area (Å²) in [6.07, 6.45) is 1.53. The summed E-state index contributed by atoms with van der Waals surface area (Å²) in [7, 11) is 1.69. The largest absolute Gasteiger partial charge is 0.378 e. The maximum absolute atomic E-state index is 12.2. The molecule has 0 radical (unpaired) electrons. The molecule has 0 aliphatic heterocycles. The molecular weight excluding hydrogens is 328 g/mol. The van der Waals surface area contributed by atoms with Crippen LogP contribution in [0.25, 0.3) is 22.2 Å². The van der Waals surface area contributed by atoms with Crippen LogP contribution in [0.2, 0.25) is 0 Å². The quantitative estimate of drug-likeness (QED) is 0.612. The average molecular weight is 346 g/mol. The first-order valence-electron chi connectivity index (χ1n) is 8.32. The fourth-order valence-electron chi connectivity index (χ4n) is 2.77. The van der Waals surface area contributed by atoms with Gasteiger partial charge in [0.2, 0.25) is 0 Å². The number of rotatable bonds is 4. The maximum Gasteiger partial charge on any atom is 0.260 e. The molecule has 0 aliphatic rings. The second-order valence-corrected chi connectivity index (χ2v) is 6.29. The van der Waals surface area contributed by atoms with Crippen LogP contribution in [0.4, 0.5) is 5.69 Å². The third-order valence-electron chi connectivity index (χ3n) is 4.29. The minimum atomic E-state index is -0.0695. The van der Waals surface area contributed by atoms with Crippen molar-refractivity contribution in [3.8, 4) is 11.3 Å². The molecule has 0 spiro atoms. The van der Waals surface area contributed by atoms with E-state index in [1.807, 2.05) is 55.5 Å². The van der Waals surface area contributed by atoms with Crippen LogP contribution in [-0.2, 0) is 13.6 Å². The molecule has 0 aliphatic carbocycles. The van der Waals surface area contributed by atoms with E-state index in [0.717, 1.165) is 22.7 Å². The monoisotopic (exact) mass is 346 g/mol. The van der Waals surface area contributed by atoms with Gasteiger partial charge in [-0.25, -0.2) is 4.98 Å². The first kappa shape index (κ1) is 16.1. The predicted octanol–water partition coefficient (Wildman–Crippen LogP) is 3.51. The molecule has 130 valence electrons. The highest BCUT2D eigenvalue weighted by Crippen LogP contribution is 2.21. The number of nitrogens with zero attached hydrogens (tertiary/aromatic N) is 3. The molecule has 26 heavy (non-hydrogen) atoms. The Hall–Kier alpha value is -3.41. The summed E-state index contributed by atoms with van der Waals surface area (Å²) in [6, 6.07) is 15.6. The van der Waals surface area contributed by atoms with Gasteiger partial charge in [0.05, 0.1) is 23.8 Å². The number of benzene rings is 2. The summed E-state index contributed by atoms with van der Waals surface area (Å²) in [6.45, 7) is 2.53. The van der Waals surface area contributed by atoms with Crippen molar-refractivity contribution in [2.45, 2.75) is 13.5 Å². The topological polar surface area (TPSA) is 73.0 Å². The summed E-state index contributed by atoms with van der Waals surface area (Å²) in [5.74, 6) is 0.722. The standard InChI is InChI=1S/C20H18N4O2/c1-13-3-5-14(6-4-13)19-10-16(26-23-19)11-21-15-7-8-18-17(9-15)20(25)24(2)12-22-18/h3-10,12,21H,11H2,1-2H3. The van der Waals surface area contributed by atoms with E-state index in [4.69, 9.17) is 4.52 Å². The second-order valence-electron chi connectivity index (χ2n) is 6.29. The van der Waals surface area contributed by atoms with E-state index in [0.29, 0.717) is 17.4 Å². The molecule has 1 N–H and O–H groups in total. The minimum Gasteiger partial charge on any atom is -0.378 e. The SMILES string of the molecule is Cc1ccc(-c2cc(CNc3ccc4ncn(C)c(=O)c4c3)on2)cc1. The lowest BCUT2D eigenvalue weighted by Crippen LogP contribution is -2.17. The van der Waals surface area contributed by atoms with Crippen LogP contribution in [0, 0.1) is 6.92 Å². The lowest BCUT2D eigenvalue weighted by molar-refractivity contribution is 0.390. The van der Waals surface area contributed by atoms with Crippen LogP contribution >= 0.6 is 0 Å². The summed E-state index contributed by atoms with van der Waals surface area (Å²) in [5.41, 5.74) is 4.47. The number of aromatic nitrogens is 3. The number of nitrogens with one attached hydrogen (secondary N) is 1. The highest BCUT2D eigenvalue weighted by atomic mass is 16.5. The van der Waals surface area contributed by atoms with E-state index < -0.39 is 0 Å². The Labute approximate surface area is 150 Å². The van der Waals surface area contributed by atoms with Gasteiger partial charge in [-0.05, 0) is 25.1 Å². The van der Waals surface area contributed by atoms with Crippen LogP contribution in [0.5, 0.6) is 0 Å². The van der Waals surface area contributed by atoms with Gasteiger partial charge in [-0.1, -0.05) is 35.0 Å². The number of hydrogen-bond acceptors (Lipinski definition) is 5. The Morgan fingerprint density at radius 3 is 2.73 bits per heavy atom. The van der Waals surface area contributed by atoms with Crippen LogP contribution in [0.1, 0.15) is 11.3 Å². The van der Waals surface area contributed by atoms with E-state index in [1.54, 1.807) is 7.05 Å². The summed E-state index contributed by atoms with van der Waals surface area (Å²) in [4.78, 5) is 16.5. The molecule has 0 atom stereocenters. The summed E-state index contributed by atoms with van der Waals surface area (Å²) >= 11 is 0. The van der Waals surface area contributed by atoms with Crippen LogP contribution in [0.3, 0.4) is 0 Å². The van der Waals surface area contributed by atoms with Crippen LogP contribution in [0.15, 0.2) is 64.2 Å². The Bertz CT molecular complexity index is 1130. The van der Waals surface area contributed by atoms with Gasteiger partial charge in [0, 0.05) is 24.4 Å². The van der Waals surface area contributed by atoms with E-state index in [2.05, 4.69) is 15.5 Å². The first-order chi connectivity index (χ1) is 12.6. The van der Waals surface area contributed by atoms with Gasteiger partial charge in [-0.2, -0.15) is 0 Å². The van der Waals surface area contributed by atoms with Crippen molar-refractivity contribution in [3.05, 3.63) is 76.5 Å². The number of hydrogen-bond donors (Lipinski definition) is 1. The molecule has 2 aromatic heterocycles. The van der Waals surface area contributed by atoms with Crippen molar-refractivity contribution >= 4 is 16.6 Å². The molecule has 2 aromatic carbocycles. The van der Waals surface area contributed by atoms with Crippen molar-refractivity contribution in [3.63, 3.8) is 0 Å². The van der Waals surface area contributed by atoms with Crippen molar-refractivity contribution < 1.29 is 4.52 Å². The Balaban J connectivity index is 1.52. The lowest BCUT2D eigenvalue weighted by atomic mass is 10.1. The van der Waals surface area contributed by atoms with Crippen molar-refractivity contribution in [1.29, 1.82) is 0 Å². The zero-order chi connectivity index (χ0) is 18.1. The van der Waals surface area contributed by atoms with Crippen molar-refractivity contribution in [1.82, 2.24) is 14.7 Å². The van der Waals surface area contributed by atoms with Gasteiger partial charge >= 0.3 is 0 Å². The smallest absolute Gasteiger partial charge is 0.260 e. The van der Waals surface area contributed by atoms with E-state index in [1.165, 1.54) is 16.5 Å². The second kappa shape index (κ2) is 6.48. The van der Waals surface area contributed by atoms with Gasteiger partial charge in [0.15, 0.2) is 5.76 Å². The minimum absolute atomic E-state index is 0.0695. The van der Waals surface area contributed by atoms with E-state index in [9.17, 15) is 4.79 Å². The fraction of sp³-hybridized carbons (Fsp3) is 0.150. The zero-order valence-electron chi connectivity index (χ0n) is 14.6. The number of anilines is 1. The molecule has 0 saturated heterocycles. The first-order valence-corrected chi connectivity index (χ1v) is 8.32. The Kier molecular flexibility index (Phi) is 4.01. The van der Waals surface area contributed by atoms with Gasteiger partial charge in [0.1, 0.15) is 5.69 Å². The molecule has 4 aromatic rings. The summed E-state index contributed by atoms with van der Waals surface area (Å²) < 4.78 is 6.88. The van der Waals surface area contributed by atoms with E-state index in [-0.39, 0.29) is 5.56 Å².